The number of nitrogens with one attached hydrogen (secondary N) is 1. The van der Waals surface area contributed by atoms with Crippen molar-refractivity contribution in [2.75, 3.05) is 5.73 Å². The molecule has 3 rings (SSSR count). The number of hydrogen-bond donors (Lipinski definition) is 2. The van der Waals surface area contributed by atoms with Crippen molar-refractivity contribution in [3.63, 3.8) is 0 Å². The molecule has 0 atom stereocenters. The predicted octanol–water partition coefficient (Wildman–Crippen LogP) is 3.94. The fourth-order valence-electron chi connectivity index (χ4n) is 2.43. The largest absolute Gasteiger partial charge is 0.398 e. The smallest absolute Gasteiger partial charge is 0.197 e. The van der Waals surface area contributed by atoms with Crippen molar-refractivity contribution in [2.45, 2.75) is 6.92 Å². The highest BCUT2D eigenvalue weighted by Gasteiger charge is 2.19. The van der Waals surface area contributed by atoms with Crippen LogP contribution in [0.15, 0.2) is 42.5 Å². The Labute approximate surface area is 121 Å². The van der Waals surface area contributed by atoms with E-state index in [2.05, 4.69) is 4.98 Å². The number of aromatic nitrogens is 1. The number of anilines is 1. The number of fused-ring (bicyclic) bond motifs is 1. The van der Waals surface area contributed by atoms with Crippen molar-refractivity contribution in [3.05, 3.63) is 64.3 Å². The van der Waals surface area contributed by atoms with Crippen LogP contribution in [0.25, 0.3) is 10.9 Å². The molecule has 0 fully saturated rings. The lowest BCUT2D eigenvalue weighted by Gasteiger charge is -2.06. The molecule has 100 valence electrons. The van der Waals surface area contributed by atoms with Crippen LogP contribution in [0.1, 0.15) is 21.6 Å². The Hall–Kier alpha value is -2.26. The van der Waals surface area contributed by atoms with Gasteiger partial charge in [-0.2, -0.15) is 0 Å². The lowest BCUT2D eigenvalue weighted by Crippen LogP contribution is -2.06. The van der Waals surface area contributed by atoms with Crippen molar-refractivity contribution >= 4 is 34.0 Å². The summed E-state index contributed by atoms with van der Waals surface area (Å²) < 4.78 is 0. The Morgan fingerprint density at radius 3 is 2.75 bits per heavy atom. The van der Waals surface area contributed by atoms with Crippen molar-refractivity contribution in [3.8, 4) is 0 Å². The summed E-state index contributed by atoms with van der Waals surface area (Å²) in [5, 5.41) is 1.40. The van der Waals surface area contributed by atoms with Crippen molar-refractivity contribution in [1.82, 2.24) is 4.98 Å². The predicted molar refractivity (Wildman–Crippen MR) is 82.3 cm³/mol. The first-order chi connectivity index (χ1) is 9.58. The molecule has 0 bridgehead atoms. The zero-order chi connectivity index (χ0) is 14.3. The van der Waals surface area contributed by atoms with Crippen LogP contribution in [0.2, 0.25) is 5.02 Å². The summed E-state index contributed by atoms with van der Waals surface area (Å²) in [6.45, 7) is 1.88. The summed E-state index contributed by atoms with van der Waals surface area (Å²) in [5.74, 6) is -0.111. The minimum absolute atomic E-state index is 0.111. The van der Waals surface area contributed by atoms with E-state index in [1.807, 2.05) is 31.2 Å². The Bertz CT molecular complexity index is 820. The molecule has 0 saturated carbocycles. The number of carbonyl (C=O) groups is 1. The van der Waals surface area contributed by atoms with Gasteiger partial charge in [0.2, 0.25) is 0 Å². The molecule has 3 N–H and O–H groups in total. The van der Waals surface area contributed by atoms with E-state index in [9.17, 15) is 4.79 Å². The van der Waals surface area contributed by atoms with Gasteiger partial charge in [-0.15, -0.1) is 0 Å². The minimum Gasteiger partial charge on any atom is -0.398 e. The molecule has 3 nitrogen and oxygen atoms in total. The number of para-hydroxylation sites is 1. The Morgan fingerprint density at radius 2 is 1.95 bits per heavy atom. The fourth-order valence-corrected chi connectivity index (χ4v) is 2.60. The highest BCUT2D eigenvalue weighted by molar-refractivity contribution is 6.31. The molecule has 0 aliphatic carbocycles. The van der Waals surface area contributed by atoms with Gasteiger partial charge in [0.05, 0.1) is 5.56 Å². The van der Waals surface area contributed by atoms with E-state index >= 15 is 0 Å². The number of aromatic amines is 1. The number of rotatable bonds is 2. The summed E-state index contributed by atoms with van der Waals surface area (Å²) in [7, 11) is 0. The SMILES string of the molecule is Cc1[nH]c2ccccc2c1C(=O)c1cc(Cl)ccc1N. The second kappa shape index (κ2) is 4.69. The summed E-state index contributed by atoms with van der Waals surface area (Å²) in [6.07, 6.45) is 0. The molecule has 4 heteroatoms. The third kappa shape index (κ3) is 1.96. The van der Waals surface area contributed by atoms with Crippen LogP contribution >= 0.6 is 11.6 Å². The summed E-state index contributed by atoms with van der Waals surface area (Å²) in [5.41, 5.74) is 9.19. The maximum atomic E-state index is 12.8. The summed E-state index contributed by atoms with van der Waals surface area (Å²) in [6, 6.07) is 12.6. The number of benzene rings is 2. The van der Waals surface area contributed by atoms with Gasteiger partial charge in [-0.05, 0) is 31.2 Å². The second-order valence-corrected chi connectivity index (χ2v) is 5.17. The fraction of sp³-hybridized carbons (Fsp3) is 0.0625. The van der Waals surface area contributed by atoms with Gasteiger partial charge in [-0.3, -0.25) is 4.79 Å². The molecule has 0 amide bonds. The molecular weight excluding hydrogens is 272 g/mol. The number of nitrogen functional groups attached to an aromatic ring is 1. The van der Waals surface area contributed by atoms with Crippen molar-refractivity contribution in [2.24, 2.45) is 0 Å². The van der Waals surface area contributed by atoms with E-state index in [0.29, 0.717) is 21.8 Å². The van der Waals surface area contributed by atoms with Gasteiger partial charge in [0.1, 0.15) is 0 Å². The van der Waals surface area contributed by atoms with E-state index in [4.69, 9.17) is 17.3 Å². The van der Waals surface area contributed by atoms with Crippen LogP contribution in [0.4, 0.5) is 5.69 Å². The molecule has 0 spiro atoms. The number of nitrogens with two attached hydrogens (primary N) is 1. The van der Waals surface area contributed by atoms with E-state index < -0.39 is 0 Å². The van der Waals surface area contributed by atoms with Crippen LogP contribution in [0, 0.1) is 6.92 Å². The lowest BCUT2D eigenvalue weighted by atomic mass is 9.99. The average molecular weight is 285 g/mol. The maximum absolute atomic E-state index is 12.8. The van der Waals surface area contributed by atoms with E-state index in [1.165, 1.54) is 0 Å². The summed E-state index contributed by atoms with van der Waals surface area (Å²) >= 11 is 5.96. The maximum Gasteiger partial charge on any atom is 0.197 e. The molecule has 2 aromatic carbocycles. The zero-order valence-corrected chi connectivity index (χ0v) is 11.7. The number of halogens is 1. The van der Waals surface area contributed by atoms with Crippen molar-refractivity contribution < 1.29 is 4.79 Å². The normalized spacial score (nSPS) is 10.9. The first kappa shape index (κ1) is 12.8. The third-order valence-electron chi connectivity index (χ3n) is 3.38. The second-order valence-electron chi connectivity index (χ2n) is 4.73. The Balaban J connectivity index is 2.22. The van der Waals surface area contributed by atoms with Gasteiger partial charge in [0, 0.05) is 32.9 Å². The molecule has 20 heavy (non-hydrogen) atoms. The van der Waals surface area contributed by atoms with Crippen LogP contribution in [0.3, 0.4) is 0 Å². The van der Waals surface area contributed by atoms with Gasteiger partial charge in [0.15, 0.2) is 5.78 Å². The quantitative estimate of drug-likeness (QED) is 0.553. The average Bonchev–Trinajstić information content (AvgIpc) is 2.76. The molecule has 1 heterocycles. The zero-order valence-electron chi connectivity index (χ0n) is 10.9. The van der Waals surface area contributed by atoms with Crippen LogP contribution in [-0.2, 0) is 0 Å². The molecule has 1 aromatic heterocycles. The van der Waals surface area contributed by atoms with Gasteiger partial charge < -0.3 is 10.7 Å². The minimum atomic E-state index is -0.111. The summed E-state index contributed by atoms with van der Waals surface area (Å²) in [4.78, 5) is 16.0. The third-order valence-corrected chi connectivity index (χ3v) is 3.62. The van der Waals surface area contributed by atoms with Gasteiger partial charge in [0.25, 0.3) is 0 Å². The van der Waals surface area contributed by atoms with E-state index in [-0.39, 0.29) is 5.78 Å². The van der Waals surface area contributed by atoms with Gasteiger partial charge in [-0.25, -0.2) is 0 Å². The molecule has 0 aliphatic heterocycles. The standard InChI is InChI=1S/C16H13ClN2O/c1-9-15(11-4-2-3-5-14(11)19-9)16(20)12-8-10(17)6-7-13(12)18/h2-8,19H,18H2,1H3. The Kier molecular flexibility index (Phi) is 2.99. The highest BCUT2D eigenvalue weighted by Crippen LogP contribution is 2.27. The van der Waals surface area contributed by atoms with Crippen LogP contribution in [0.5, 0.6) is 0 Å². The number of aryl methyl sites for hydroxylation is 1. The number of hydrogen-bond acceptors (Lipinski definition) is 2. The number of ketones is 1. The Morgan fingerprint density at radius 1 is 1.20 bits per heavy atom. The van der Waals surface area contributed by atoms with Crippen LogP contribution < -0.4 is 5.73 Å². The van der Waals surface area contributed by atoms with Crippen LogP contribution in [-0.4, -0.2) is 10.8 Å². The molecule has 0 aliphatic rings. The lowest BCUT2D eigenvalue weighted by molar-refractivity contribution is 0.104. The molecule has 0 radical (unpaired) electrons. The number of H-pyrrole nitrogens is 1. The highest BCUT2D eigenvalue weighted by atomic mass is 35.5. The van der Waals surface area contributed by atoms with Crippen molar-refractivity contribution in [1.29, 1.82) is 0 Å². The van der Waals surface area contributed by atoms with Gasteiger partial charge >= 0.3 is 0 Å². The van der Waals surface area contributed by atoms with E-state index in [1.54, 1.807) is 18.2 Å². The monoisotopic (exact) mass is 284 g/mol. The van der Waals surface area contributed by atoms with E-state index in [0.717, 1.165) is 16.6 Å². The topological polar surface area (TPSA) is 58.9 Å². The molecule has 0 unspecified atom stereocenters. The first-order valence-corrected chi connectivity index (χ1v) is 6.63. The molecule has 3 aromatic rings. The van der Waals surface area contributed by atoms with Gasteiger partial charge in [-0.1, -0.05) is 29.8 Å². The number of carbonyl (C=O) groups excluding carboxylic acids is 1. The molecule has 0 saturated heterocycles. The molecular formula is C16H13ClN2O. The first-order valence-electron chi connectivity index (χ1n) is 6.25.